The molecule has 1 aliphatic carbocycles. The molecule has 2 N–H and O–H groups in total. The summed E-state index contributed by atoms with van der Waals surface area (Å²) in [5.41, 5.74) is 1.20. The van der Waals surface area contributed by atoms with Crippen LogP contribution in [0.5, 0.6) is 0 Å². The van der Waals surface area contributed by atoms with Crippen LogP contribution in [-0.2, 0) is 4.79 Å². The Bertz CT molecular complexity index is 569. The fourth-order valence-corrected chi connectivity index (χ4v) is 2.49. The van der Waals surface area contributed by atoms with Gasteiger partial charge in [-0.05, 0) is 30.0 Å². The highest BCUT2D eigenvalue weighted by Crippen LogP contribution is 2.48. The lowest BCUT2D eigenvalue weighted by Gasteiger charge is -2.02. The molecule has 0 unspecified atom stereocenters. The summed E-state index contributed by atoms with van der Waals surface area (Å²) in [7, 11) is 0. The van der Waals surface area contributed by atoms with E-state index in [4.69, 9.17) is 0 Å². The summed E-state index contributed by atoms with van der Waals surface area (Å²) < 4.78 is 1.04. The molecule has 18 heavy (non-hydrogen) atoms. The third-order valence-corrected chi connectivity index (χ3v) is 3.56. The lowest BCUT2D eigenvalue weighted by molar-refractivity contribution is -0.117. The van der Waals surface area contributed by atoms with Crippen molar-refractivity contribution in [3.05, 3.63) is 40.5 Å². The zero-order chi connectivity index (χ0) is 12.5. The number of nitrogens with one attached hydrogen (secondary N) is 2. The van der Waals surface area contributed by atoms with Gasteiger partial charge in [0.25, 0.3) is 0 Å². The van der Waals surface area contributed by atoms with Crippen molar-refractivity contribution in [1.82, 2.24) is 15.4 Å². The number of aromatic nitrogens is 3. The molecule has 1 fully saturated rings. The number of hydrogen-bond donors (Lipinski definition) is 2. The van der Waals surface area contributed by atoms with E-state index >= 15 is 0 Å². The maximum absolute atomic E-state index is 11.9. The number of carbonyl (C=O) groups excluding carboxylic acids is 1. The first-order valence-corrected chi connectivity index (χ1v) is 6.45. The van der Waals surface area contributed by atoms with Crippen LogP contribution in [0.2, 0.25) is 0 Å². The number of hydrogen-bond acceptors (Lipinski definition) is 3. The van der Waals surface area contributed by atoms with Gasteiger partial charge in [0.1, 0.15) is 0 Å². The van der Waals surface area contributed by atoms with E-state index in [0.29, 0.717) is 11.7 Å². The van der Waals surface area contributed by atoms with E-state index in [1.807, 2.05) is 12.1 Å². The van der Waals surface area contributed by atoms with Gasteiger partial charge >= 0.3 is 0 Å². The van der Waals surface area contributed by atoms with E-state index in [2.05, 4.69) is 48.8 Å². The molecule has 92 valence electrons. The molecule has 0 bridgehead atoms. The molecule has 6 heteroatoms. The summed E-state index contributed by atoms with van der Waals surface area (Å²) in [4.78, 5) is 11.9. The number of H-pyrrole nitrogens is 1. The molecule has 5 nitrogen and oxygen atoms in total. The van der Waals surface area contributed by atoms with Crippen LogP contribution >= 0.6 is 15.9 Å². The third-order valence-electron chi connectivity index (χ3n) is 3.07. The standard InChI is InChI=1S/C12H11BrN4O/c13-8-3-1-2-7(4-8)9-5-10(9)12(18)15-11-6-14-17-16-11/h1-4,6,9-10H,5H2,(H2,14,15,16,17,18)/t9-,10+/m0/s1. The largest absolute Gasteiger partial charge is 0.308 e. The second kappa shape index (κ2) is 4.53. The van der Waals surface area contributed by atoms with Gasteiger partial charge in [-0.1, -0.05) is 28.1 Å². The minimum atomic E-state index is 0.00822. The van der Waals surface area contributed by atoms with Gasteiger partial charge in [0.15, 0.2) is 5.82 Å². The average molecular weight is 307 g/mol. The van der Waals surface area contributed by atoms with Crippen molar-refractivity contribution in [2.24, 2.45) is 5.92 Å². The Morgan fingerprint density at radius 2 is 2.39 bits per heavy atom. The zero-order valence-corrected chi connectivity index (χ0v) is 11.0. The Morgan fingerprint density at radius 1 is 1.50 bits per heavy atom. The first-order chi connectivity index (χ1) is 8.74. The third kappa shape index (κ3) is 2.28. The molecular formula is C12H11BrN4O. The van der Waals surface area contributed by atoms with E-state index in [-0.39, 0.29) is 11.8 Å². The number of carbonyl (C=O) groups is 1. The van der Waals surface area contributed by atoms with Gasteiger partial charge < -0.3 is 5.32 Å². The lowest BCUT2D eigenvalue weighted by atomic mass is 10.1. The fraction of sp³-hybridized carbons (Fsp3) is 0.250. The van der Waals surface area contributed by atoms with Crippen molar-refractivity contribution < 1.29 is 4.79 Å². The SMILES string of the molecule is O=C(Nc1cn[nH]n1)[C@@H]1C[C@H]1c1cccc(Br)c1. The quantitative estimate of drug-likeness (QED) is 0.914. The highest BCUT2D eigenvalue weighted by molar-refractivity contribution is 9.10. The summed E-state index contributed by atoms with van der Waals surface area (Å²) in [6, 6.07) is 8.09. The Morgan fingerprint density at radius 3 is 3.11 bits per heavy atom. The molecule has 1 amide bonds. The van der Waals surface area contributed by atoms with E-state index in [0.717, 1.165) is 10.9 Å². The molecule has 0 spiro atoms. The van der Waals surface area contributed by atoms with Crippen LogP contribution in [0, 0.1) is 5.92 Å². The first kappa shape index (κ1) is 11.4. The van der Waals surface area contributed by atoms with Crippen LogP contribution in [0.4, 0.5) is 5.82 Å². The van der Waals surface area contributed by atoms with Crippen molar-refractivity contribution in [3.63, 3.8) is 0 Å². The van der Waals surface area contributed by atoms with Crippen molar-refractivity contribution in [2.75, 3.05) is 5.32 Å². The Balaban J connectivity index is 1.65. The summed E-state index contributed by atoms with van der Waals surface area (Å²) >= 11 is 3.44. The highest BCUT2D eigenvalue weighted by atomic mass is 79.9. The van der Waals surface area contributed by atoms with Crippen molar-refractivity contribution in [3.8, 4) is 0 Å². The number of halogens is 1. The predicted molar refractivity (Wildman–Crippen MR) is 70.0 cm³/mol. The van der Waals surface area contributed by atoms with Crippen molar-refractivity contribution in [2.45, 2.75) is 12.3 Å². The van der Waals surface area contributed by atoms with E-state index in [1.54, 1.807) is 0 Å². The minimum Gasteiger partial charge on any atom is -0.308 e. The molecule has 1 aromatic carbocycles. The summed E-state index contributed by atoms with van der Waals surface area (Å²) in [5.74, 6) is 0.833. The summed E-state index contributed by atoms with van der Waals surface area (Å²) in [5, 5.41) is 12.7. The molecule has 1 heterocycles. The van der Waals surface area contributed by atoms with Crippen LogP contribution in [-0.4, -0.2) is 21.3 Å². The summed E-state index contributed by atoms with van der Waals surface area (Å²) in [6.45, 7) is 0. The second-order valence-corrected chi connectivity index (χ2v) is 5.26. The molecule has 1 aromatic heterocycles. The fourth-order valence-electron chi connectivity index (χ4n) is 2.07. The van der Waals surface area contributed by atoms with Gasteiger partial charge in [-0.15, -0.1) is 5.10 Å². The molecule has 2 atom stereocenters. The predicted octanol–water partition coefficient (Wildman–Crippen LogP) is 2.31. The van der Waals surface area contributed by atoms with E-state index < -0.39 is 0 Å². The molecule has 0 saturated heterocycles. The van der Waals surface area contributed by atoms with Gasteiger partial charge in [-0.2, -0.15) is 10.3 Å². The highest BCUT2D eigenvalue weighted by Gasteiger charge is 2.44. The number of aromatic amines is 1. The van der Waals surface area contributed by atoms with Gasteiger partial charge in [0.2, 0.25) is 5.91 Å². The number of nitrogens with zero attached hydrogens (tertiary/aromatic N) is 2. The maximum Gasteiger partial charge on any atom is 0.229 e. The molecule has 0 radical (unpaired) electrons. The smallest absolute Gasteiger partial charge is 0.229 e. The van der Waals surface area contributed by atoms with E-state index in [9.17, 15) is 4.79 Å². The van der Waals surface area contributed by atoms with Crippen LogP contribution < -0.4 is 5.32 Å². The average Bonchev–Trinajstić information content (AvgIpc) is 3.01. The minimum absolute atomic E-state index is 0.00822. The van der Waals surface area contributed by atoms with Crippen LogP contribution in [0.1, 0.15) is 17.9 Å². The Kier molecular flexibility index (Phi) is 2.87. The first-order valence-electron chi connectivity index (χ1n) is 5.66. The molecule has 3 rings (SSSR count). The lowest BCUT2D eigenvalue weighted by Crippen LogP contribution is -2.14. The van der Waals surface area contributed by atoms with Crippen molar-refractivity contribution in [1.29, 1.82) is 0 Å². The van der Waals surface area contributed by atoms with E-state index in [1.165, 1.54) is 11.8 Å². The topological polar surface area (TPSA) is 70.7 Å². The second-order valence-electron chi connectivity index (χ2n) is 4.35. The van der Waals surface area contributed by atoms with Crippen molar-refractivity contribution >= 4 is 27.7 Å². The molecular weight excluding hydrogens is 296 g/mol. The monoisotopic (exact) mass is 306 g/mol. The van der Waals surface area contributed by atoms with Gasteiger partial charge in [-0.25, -0.2) is 0 Å². The molecule has 0 aliphatic heterocycles. The maximum atomic E-state index is 11.9. The van der Waals surface area contributed by atoms with Crippen LogP contribution in [0.15, 0.2) is 34.9 Å². The number of anilines is 1. The van der Waals surface area contributed by atoms with Crippen LogP contribution in [0.3, 0.4) is 0 Å². The van der Waals surface area contributed by atoms with Crippen LogP contribution in [0.25, 0.3) is 0 Å². The molecule has 2 aromatic rings. The summed E-state index contributed by atoms with van der Waals surface area (Å²) in [6.07, 6.45) is 2.38. The number of amides is 1. The molecule has 1 saturated carbocycles. The zero-order valence-electron chi connectivity index (χ0n) is 9.43. The number of benzene rings is 1. The van der Waals surface area contributed by atoms with Gasteiger partial charge in [-0.3, -0.25) is 4.79 Å². The Hall–Kier alpha value is -1.69. The number of rotatable bonds is 3. The van der Waals surface area contributed by atoms with Gasteiger partial charge in [0.05, 0.1) is 6.20 Å². The molecule has 1 aliphatic rings. The normalized spacial score (nSPS) is 21.6. The Labute approximate surface area is 112 Å². The van der Waals surface area contributed by atoms with Gasteiger partial charge in [0, 0.05) is 10.4 Å².